The predicted octanol–water partition coefficient (Wildman–Crippen LogP) is -1.87. The number of aliphatic carboxylic acids is 1. The van der Waals surface area contributed by atoms with E-state index in [0.29, 0.717) is 37.7 Å². The van der Waals surface area contributed by atoms with Crippen LogP contribution in [0, 0.1) is 50.2 Å². The summed E-state index contributed by atoms with van der Waals surface area (Å²) < 4.78 is 60.6. The predicted molar refractivity (Wildman–Crippen MR) is 289 cm³/mol. The van der Waals surface area contributed by atoms with Crippen LogP contribution in [0.2, 0.25) is 0 Å². The first-order valence-corrected chi connectivity index (χ1v) is 30.0. The Morgan fingerprint density at radius 1 is 0.674 bits per heavy atom. The number of aliphatic hydroxyl groups excluding tert-OH is 13. The molecular weight excluding hydrogens is 1140 g/mol. The Kier molecular flexibility index (Phi) is 19.5. The molecule has 0 radical (unpaired) electrons. The molecule has 0 spiro atoms. The van der Waals surface area contributed by atoms with E-state index in [1.807, 2.05) is 20.8 Å². The van der Waals surface area contributed by atoms with E-state index in [4.69, 9.17) is 47.4 Å². The first-order valence-electron chi connectivity index (χ1n) is 30.0. The molecule has 490 valence electrons. The molecular formula is C59H92O27. The van der Waals surface area contributed by atoms with E-state index in [1.54, 1.807) is 19.9 Å². The number of ether oxygens (including phenoxy) is 10. The van der Waals surface area contributed by atoms with Crippen LogP contribution in [0.15, 0.2) is 23.3 Å². The maximum absolute atomic E-state index is 13.5. The highest BCUT2D eigenvalue weighted by Crippen LogP contribution is 2.76. The van der Waals surface area contributed by atoms with Gasteiger partial charge in [-0.25, -0.2) is 9.59 Å². The number of carboxylic acid groups (broad SMARTS) is 1. The van der Waals surface area contributed by atoms with Gasteiger partial charge in [0.15, 0.2) is 37.6 Å². The molecule has 4 aliphatic heterocycles. The van der Waals surface area contributed by atoms with Crippen molar-refractivity contribution in [3.8, 4) is 0 Å². The molecule has 0 amide bonds. The number of carbonyl (C=O) groups excluding carboxylic acids is 2. The lowest BCUT2D eigenvalue weighted by Crippen LogP contribution is -2.72. The Morgan fingerprint density at radius 3 is 1.98 bits per heavy atom. The van der Waals surface area contributed by atoms with Crippen LogP contribution >= 0.6 is 0 Å². The fourth-order valence-corrected chi connectivity index (χ4v) is 17.2. The molecule has 4 saturated carbocycles. The average Bonchev–Trinajstić information content (AvgIpc) is 0.672. The number of fused-ring (bicyclic) bond motifs is 7. The van der Waals surface area contributed by atoms with Crippen LogP contribution in [0.25, 0.3) is 0 Å². The van der Waals surface area contributed by atoms with Crippen molar-refractivity contribution < 1.29 is 133 Å². The largest absolute Gasteiger partial charge is 0.479 e. The molecule has 0 aromatic rings. The Bertz CT molecular complexity index is 2510. The number of carboxylic acids is 1. The lowest BCUT2D eigenvalue weighted by molar-refractivity contribution is -0.406. The highest BCUT2D eigenvalue weighted by molar-refractivity contribution is 5.87. The number of aliphatic hydroxyl groups is 13. The fraction of sp³-hybridized carbons (Fsp3) is 0.881. The number of hydrogen-bond acceptors (Lipinski definition) is 26. The van der Waals surface area contributed by atoms with Gasteiger partial charge < -0.3 is 119 Å². The number of allylic oxidation sites excluding steroid dienone is 3. The molecule has 0 aromatic carbocycles. The van der Waals surface area contributed by atoms with Crippen LogP contribution in [0.4, 0.5) is 0 Å². The van der Waals surface area contributed by atoms with E-state index < -0.39 is 224 Å². The zero-order valence-electron chi connectivity index (χ0n) is 50.1. The number of rotatable bonds is 15. The molecule has 0 aromatic heterocycles. The van der Waals surface area contributed by atoms with Crippen molar-refractivity contribution in [3.05, 3.63) is 23.3 Å². The maximum Gasteiger partial charge on any atom is 0.335 e. The molecule has 9 rings (SSSR count). The van der Waals surface area contributed by atoms with Crippen molar-refractivity contribution in [1.29, 1.82) is 0 Å². The fourth-order valence-electron chi connectivity index (χ4n) is 17.2. The molecule has 30 atom stereocenters. The number of hydrogen-bond donors (Lipinski definition) is 14. The SMILES string of the molecule is C/C=C(/C)C(=O)O[C@H]1[C@H](OC(C)=O)[C@]2(CO)[C@H](O)C[C@]3(C)C(=CC[C@@H]4[C@@]5(C)CC[C@H](O[C@@H]6O[C@H](C(=O)O)[C@@H](O)[C@H](O[C@@H]7O[C@H](O)[C@H](O)C[C@H]7O[C@@H]7OC[C@@H](O)[C@H](O)[C@H]7O)[C@H]6O[C@@H]6O[C@H](CO)[C@H](O)[C@H](O)[C@H]6O)[C@@](C)(CO)[C@@H]5CC[C@]43C)[C@@H]2CC1(C)C. The van der Waals surface area contributed by atoms with Crippen molar-refractivity contribution in [2.75, 3.05) is 26.4 Å². The van der Waals surface area contributed by atoms with Crippen molar-refractivity contribution in [2.24, 2.45) is 50.2 Å². The van der Waals surface area contributed by atoms with Crippen LogP contribution in [0.3, 0.4) is 0 Å². The summed E-state index contributed by atoms with van der Waals surface area (Å²) >= 11 is 0. The quantitative estimate of drug-likeness (QED) is 0.0370. The standard InChI is InChI=1S/C59H92O27/c1-10-24(2)48(75)85-45-46(78-25(3)63)59(23-62)27(18-54(45,4)5)26-11-12-33-55(6)15-14-35(56(7,22-61)32(55)13-16-57(33,8)58(26,9)19-34(59)66)81-53-44(84-52-40(71)38(69)37(68)31(20-60)80-52)42(41(72)43(83-53)47(73)74)82-50-30(17-28(64)49(76)86-50)79-51-39(70)36(67)29(65)21-77-51/h10-11,27-46,49-53,60-62,64-72,76H,12-23H2,1-9H3,(H,73,74)/b24-10-/t27-,28+,29+,30+,31+,32+,33+,34+,35-,36-,37-,38-,39+,40+,41-,42-,43-,44+,45-,46-,49-,50+,51-,52-,53+,55-,56-,57+,58+,59-/m0/s1. The smallest absolute Gasteiger partial charge is 0.335 e. The maximum atomic E-state index is 13.5. The molecule has 8 fully saturated rings. The van der Waals surface area contributed by atoms with Gasteiger partial charge in [0.2, 0.25) is 0 Å². The van der Waals surface area contributed by atoms with Gasteiger partial charge in [-0.05, 0) is 92.8 Å². The van der Waals surface area contributed by atoms with Gasteiger partial charge >= 0.3 is 17.9 Å². The topological polar surface area (TPSA) is 427 Å². The molecule has 4 heterocycles. The highest BCUT2D eigenvalue weighted by atomic mass is 16.8. The Labute approximate surface area is 498 Å². The lowest BCUT2D eigenvalue weighted by atomic mass is 9.33. The molecule has 14 N–H and O–H groups in total. The summed E-state index contributed by atoms with van der Waals surface area (Å²) in [4.78, 5) is 39.7. The normalized spacial score (nSPS) is 51.2. The van der Waals surface area contributed by atoms with Gasteiger partial charge in [0.25, 0.3) is 0 Å². The van der Waals surface area contributed by atoms with Crippen LogP contribution in [0.5, 0.6) is 0 Å². The van der Waals surface area contributed by atoms with Crippen molar-refractivity contribution in [1.82, 2.24) is 0 Å². The van der Waals surface area contributed by atoms with Crippen LogP contribution in [0.1, 0.15) is 114 Å². The molecule has 0 unspecified atom stereocenters. The first-order chi connectivity index (χ1) is 40.2. The highest BCUT2D eigenvalue weighted by Gasteiger charge is 2.74. The second-order valence-electron chi connectivity index (χ2n) is 27.5. The minimum atomic E-state index is -2.26. The van der Waals surface area contributed by atoms with E-state index in [0.717, 1.165) is 5.57 Å². The van der Waals surface area contributed by atoms with Gasteiger partial charge in [-0.3, -0.25) is 4.79 Å². The molecule has 9 aliphatic rings. The molecule has 5 aliphatic carbocycles. The average molecular weight is 1230 g/mol. The van der Waals surface area contributed by atoms with Crippen LogP contribution < -0.4 is 0 Å². The second kappa shape index (κ2) is 24.9. The van der Waals surface area contributed by atoms with Gasteiger partial charge in [0.05, 0.1) is 44.1 Å². The molecule has 27 heteroatoms. The Hall–Kier alpha value is -2.95. The zero-order valence-corrected chi connectivity index (χ0v) is 50.1. The summed E-state index contributed by atoms with van der Waals surface area (Å²) in [6.07, 6.45) is -32.5. The summed E-state index contributed by atoms with van der Waals surface area (Å²) in [6.45, 7) is 14.3. The monoisotopic (exact) mass is 1230 g/mol. The van der Waals surface area contributed by atoms with E-state index in [-0.39, 0.29) is 24.7 Å². The van der Waals surface area contributed by atoms with Gasteiger partial charge in [0, 0.05) is 29.7 Å². The summed E-state index contributed by atoms with van der Waals surface area (Å²) in [5, 5.41) is 155. The Balaban J connectivity index is 1.05. The third-order valence-electron chi connectivity index (χ3n) is 22.3. The zero-order chi connectivity index (χ0) is 63.3. The third-order valence-corrected chi connectivity index (χ3v) is 22.3. The van der Waals surface area contributed by atoms with E-state index in [1.165, 1.54) is 6.92 Å². The molecule has 86 heavy (non-hydrogen) atoms. The van der Waals surface area contributed by atoms with E-state index in [2.05, 4.69) is 26.8 Å². The summed E-state index contributed by atoms with van der Waals surface area (Å²) in [5.74, 6) is -4.02. The Morgan fingerprint density at radius 2 is 1.35 bits per heavy atom. The van der Waals surface area contributed by atoms with E-state index in [9.17, 15) is 85.9 Å². The summed E-state index contributed by atoms with van der Waals surface area (Å²) in [5.41, 5.74) is -4.00. The van der Waals surface area contributed by atoms with Gasteiger partial charge in [0.1, 0.15) is 85.5 Å². The van der Waals surface area contributed by atoms with Crippen molar-refractivity contribution >= 4 is 17.9 Å². The molecule has 4 saturated heterocycles. The van der Waals surface area contributed by atoms with Gasteiger partial charge in [-0.2, -0.15) is 0 Å². The summed E-state index contributed by atoms with van der Waals surface area (Å²) in [6, 6.07) is 0. The molecule has 27 nitrogen and oxygen atoms in total. The first kappa shape index (κ1) is 67.4. The lowest BCUT2D eigenvalue weighted by Gasteiger charge is -2.72. The number of carbonyl (C=O) groups is 3. The van der Waals surface area contributed by atoms with Crippen LogP contribution in [-0.4, -0.2) is 251 Å². The number of esters is 2. The summed E-state index contributed by atoms with van der Waals surface area (Å²) in [7, 11) is 0. The second-order valence-corrected chi connectivity index (χ2v) is 27.5. The minimum Gasteiger partial charge on any atom is -0.479 e. The minimum absolute atomic E-state index is 0.118. The van der Waals surface area contributed by atoms with Gasteiger partial charge in [-0.15, -0.1) is 0 Å². The third kappa shape index (κ3) is 11.1. The molecule has 0 bridgehead atoms. The van der Waals surface area contributed by atoms with Gasteiger partial charge in [-0.1, -0.05) is 59.3 Å². The van der Waals surface area contributed by atoms with Crippen molar-refractivity contribution in [2.45, 2.75) is 249 Å². The van der Waals surface area contributed by atoms with Crippen LogP contribution in [-0.2, 0) is 61.8 Å². The van der Waals surface area contributed by atoms with Crippen molar-refractivity contribution in [3.63, 3.8) is 0 Å². The van der Waals surface area contributed by atoms with E-state index >= 15 is 0 Å².